The Morgan fingerprint density at radius 1 is 0.523 bits per heavy atom. The molecule has 256 valence electrons. The van der Waals surface area contributed by atoms with E-state index >= 15 is 0 Å². The highest BCUT2D eigenvalue weighted by molar-refractivity contribution is 5.70. The lowest BCUT2D eigenvalue weighted by molar-refractivity contribution is -0.163. The molecule has 0 saturated carbocycles. The molecular weight excluding hydrogens is 548 g/mol. The van der Waals surface area contributed by atoms with Crippen LogP contribution in [0.3, 0.4) is 0 Å². The number of allylic oxidation sites excluding steroid dienone is 6. The summed E-state index contributed by atoms with van der Waals surface area (Å²) in [7, 11) is 0. The maximum Gasteiger partial charge on any atom is 0.306 e. The molecule has 1 atom stereocenters. The quantitative estimate of drug-likeness (QED) is 0.0416. The molecule has 0 aliphatic carbocycles. The van der Waals surface area contributed by atoms with E-state index < -0.39 is 6.10 Å². The summed E-state index contributed by atoms with van der Waals surface area (Å²) in [6.07, 6.45) is 38.6. The van der Waals surface area contributed by atoms with Crippen molar-refractivity contribution in [1.82, 2.24) is 0 Å². The van der Waals surface area contributed by atoms with Crippen LogP contribution in [0.15, 0.2) is 36.5 Å². The SMILES string of the molecule is CC/C=C\C/C=C\C/C=C\CCCCCCCC(=O)OCC(COCCCCCCCC)OC(=O)CCCCCCCCC. The number of ether oxygens (including phenoxy) is 3. The standard InChI is InChI=1S/C39H70O5/c1-4-7-10-13-16-17-18-19-20-21-22-23-25-26-29-32-38(40)43-36-37(35-42-34-31-28-15-12-9-6-3)44-39(41)33-30-27-24-14-11-8-5-2/h7,10,16-17,19-20,37H,4-6,8-9,11-15,18,21-36H2,1-3H3/b10-7-,17-16-,20-19-. The van der Waals surface area contributed by atoms with Gasteiger partial charge in [-0.15, -0.1) is 0 Å². The monoisotopic (exact) mass is 619 g/mol. The maximum atomic E-state index is 12.5. The van der Waals surface area contributed by atoms with Crippen LogP contribution < -0.4 is 0 Å². The van der Waals surface area contributed by atoms with Crippen LogP contribution in [0.1, 0.15) is 175 Å². The summed E-state index contributed by atoms with van der Waals surface area (Å²) in [6.45, 7) is 7.61. The second-order valence-corrected chi connectivity index (χ2v) is 12.1. The van der Waals surface area contributed by atoms with Gasteiger partial charge in [-0.05, 0) is 51.4 Å². The van der Waals surface area contributed by atoms with Crippen molar-refractivity contribution in [2.45, 2.75) is 181 Å². The number of rotatable bonds is 33. The molecule has 0 amide bonds. The van der Waals surface area contributed by atoms with Crippen molar-refractivity contribution in [3.63, 3.8) is 0 Å². The zero-order valence-corrected chi connectivity index (χ0v) is 29.2. The Bertz CT molecular complexity index is 711. The maximum absolute atomic E-state index is 12.5. The van der Waals surface area contributed by atoms with Gasteiger partial charge >= 0.3 is 11.9 Å². The molecule has 0 rings (SSSR count). The van der Waals surface area contributed by atoms with Crippen LogP contribution in [0.4, 0.5) is 0 Å². The third-order valence-electron chi connectivity index (χ3n) is 7.69. The summed E-state index contributed by atoms with van der Waals surface area (Å²) in [5.74, 6) is -0.427. The fraction of sp³-hybridized carbons (Fsp3) is 0.795. The fourth-order valence-electron chi connectivity index (χ4n) is 4.93. The van der Waals surface area contributed by atoms with Gasteiger partial charge in [0.1, 0.15) is 6.61 Å². The van der Waals surface area contributed by atoms with Crippen LogP contribution in [-0.2, 0) is 23.8 Å². The molecule has 0 aromatic rings. The summed E-state index contributed by atoms with van der Waals surface area (Å²) >= 11 is 0. The topological polar surface area (TPSA) is 61.8 Å². The van der Waals surface area contributed by atoms with E-state index in [1.54, 1.807) is 0 Å². The molecule has 1 unspecified atom stereocenters. The molecule has 0 aliphatic rings. The molecule has 5 heteroatoms. The normalized spacial score (nSPS) is 12.5. The molecule has 0 aromatic carbocycles. The van der Waals surface area contributed by atoms with E-state index in [2.05, 4.69) is 57.2 Å². The minimum atomic E-state index is -0.530. The molecule has 0 aliphatic heterocycles. The van der Waals surface area contributed by atoms with Crippen molar-refractivity contribution < 1.29 is 23.8 Å². The summed E-state index contributed by atoms with van der Waals surface area (Å²) in [4.78, 5) is 24.8. The van der Waals surface area contributed by atoms with E-state index in [4.69, 9.17) is 14.2 Å². The van der Waals surface area contributed by atoms with Crippen LogP contribution in [0, 0.1) is 0 Å². The largest absolute Gasteiger partial charge is 0.462 e. The number of unbranched alkanes of at least 4 members (excludes halogenated alkanes) is 16. The van der Waals surface area contributed by atoms with Crippen molar-refractivity contribution in [1.29, 1.82) is 0 Å². The molecule has 0 aromatic heterocycles. The van der Waals surface area contributed by atoms with E-state index in [0.29, 0.717) is 19.4 Å². The Kier molecular flexibility index (Phi) is 34.1. The van der Waals surface area contributed by atoms with Crippen molar-refractivity contribution in [2.75, 3.05) is 19.8 Å². The Morgan fingerprint density at radius 2 is 1.02 bits per heavy atom. The fourth-order valence-corrected chi connectivity index (χ4v) is 4.93. The molecule has 0 saturated heterocycles. The molecule has 0 radical (unpaired) electrons. The van der Waals surface area contributed by atoms with Gasteiger partial charge in [0, 0.05) is 19.4 Å². The summed E-state index contributed by atoms with van der Waals surface area (Å²) < 4.78 is 17.0. The first-order valence-corrected chi connectivity index (χ1v) is 18.5. The Morgan fingerprint density at radius 3 is 1.64 bits per heavy atom. The number of esters is 2. The molecule has 0 bridgehead atoms. The van der Waals surface area contributed by atoms with Gasteiger partial charge in [0.25, 0.3) is 0 Å². The smallest absolute Gasteiger partial charge is 0.306 e. The van der Waals surface area contributed by atoms with Crippen LogP contribution in [0.25, 0.3) is 0 Å². The van der Waals surface area contributed by atoms with Crippen LogP contribution in [0.5, 0.6) is 0 Å². The molecule has 0 N–H and O–H groups in total. The second kappa shape index (κ2) is 35.6. The Hall–Kier alpha value is -1.88. The highest BCUT2D eigenvalue weighted by Crippen LogP contribution is 2.12. The first-order valence-electron chi connectivity index (χ1n) is 18.5. The summed E-state index contributed by atoms with van der Waals surface area (Å²) in [6, 6.07) is 0. The van der Waals surface area contributed by atoms with Crippen molar-refractivity contribution in [3.05, 3.63) is 36.5 Å². The zero-order chi connectivity index (χ0) is 32.2. The van der Waals surface area contributed by atoms with Gasteiger partial charge in [-0.2, -0.15) is 0 Å². The van der Waals surface area contributed by atoms with E-state index in [1.807, 2.05) is 0 Å². The van der Waals surface area contributed by atoms with Gasteiger partial charge in [0.05, 0.1) is 6.61 Å². The third-order valence-corrected chi connectivity index (χ3v) is 7.69. The zero-order valence-electron chi connectivity index (χ0n) is 29.2. The first kappa shape index (κ1) is 42.1. The average molecular weight is 619 g/mol. The third kappa shape index (κ3) is 33.0. The number of hydrogen-bond donors (Lipinski definition) is 0. The number of hydrogen-bond acceptors (Lipinski definition) is 5. The predicted octanol–water partition coefficient (Wildman–Crippen LogP) is 11.5. The number of carbonyl (C=O) groups excluding carboxylic acids is 2. The lowest BCUT2D eigenvalue weighted by Gasteiger charge is -2.18. The predicted molar refractivity (Wildman–Crippen MR) is 187 cm³/mol. The van der Waals surface area contributed by atoms with Crippen LogP contribution in [-0.4, -0.2) is 37.9 Å². The number of carbonyl (C=O) groups is 2. The van der Waals surface area contributed by atoms with Gasteiger partial charge in [-0.25, -0.2) is 0 Å². The van der Waals surface area contributed by atoms with Crippen molar-refractivity contribution in [3.8, 4) is 0 Å². The first-order chi connectivity index (χ1) is 21.6. The average Bonchev–Trinajstić information content (AvgIpc) is 3.02. The highest BCUT2D eigenvalue weighted by atomic mass is 16.6. The minimum Gasteiger partial charge on any atom is -0.462 e. The van der Waals surface area contributed by atoms with Gasteiger partial charge in [-0.3, -0.25) is 9.59 Å². The molecule has 0 spiro atoms. The lowest BCUT2D eigenvalue weighted by atomic mass is 10.1. The second-order valence-electron chi connectivity index (χ2n) is 12.1. The summed E-state index contributed by atoms with van der Waals surface area (Å²) in [5.41, 5.74) is 0. The lowest BCUT2D eigenvalue weighted by Crippen LogP contribution is -2.30. The molecule has 5 nitrogen and oxygen atoms in total. The van der Waals surface area contributed by atoms with Crippen molar-refractivity contribution >= 4 is 11.9 Å². The molecular formula is C39H70O5. The Labute approximate surface area is 272 Å². The molecule has 0 heterocycles. The molecule has 44 heavy (non-hydrogen) atoms. The molecule has 0 fully saturated rings. The van der Waals surface area contributed by atoms with E-state index in [-0.39, 0.29) is 25.2 Å². The van der Waals surface area contributed by atoms with Gasteiger partial charge in [0.2, 0.25) is 0 Å². The minimum absolute atomic E-state index is 0.0784. The van der Waals surface area contributed by atoms with Crippen LogP contribution >= 0.6 is 0 Å². The highest BCUT2D eigenvalue weighted by Gasteiger charge is 2.17. The van der Waals surface area contributed by atoms with Crippen molar-refractivity contribution in [2.24, 2.45) is 0 Å². The van der Waals surface area contributed by atoms with Gasteiger partial charge in [0.15, 0.2) is 6.10 Å². The summed E-state index contributed by atoms with van der Waals surface area (Å²) in [5, 5.41) is 0. The van der Waals surface area contributed by atoms with Gasteiger partial charge < -0.3 is 14.2 Å². The van der Waals surface area contributed by atoms with Gasteiger partial charge in [-0.1, -0.05) is 147 Å². The van der Waals surface area contributed by atoms with E-state index in [0.717, 1.165) is 70.6 Å². The van der Waals surface area contributed by atoms with E-state index in [1.165, 1.54) is 70.6 Å². The van der Waals surface area contributed by atoms with E-state index in [9.17, 15) is 9.59 Å². The van der Waals surface area contributed by atoms with Crippen LogP contribution in [0.2, 0.25) is 0 Å². The Balaban J connectivity index is 4.14.